The summed E-state index contributed by atoms with van der Waals surface area (Å²) < 4.78 is 6.51. The van der Waals surface area contributed by atoms with Crippen molar-refractivity contribution >= 4 is 23.5 Å². The summed E-state index contributed by atoms with van der Waals surface area (Å²) in [6.45, 7) is 7.57. The Morgan fingerprint density at radius 1 is 0.645 bits per heavy atom. The van der Waals surface area contributed by atoms with Gasteiger partial charge in [0.1, 0.15) is 0 Å². The average molecular weight is 451 g/mol. The number of ether oxygens (including phenoxy) is 1. The highest BCUT2D eigenvalue weighted by Gasteiger charge is 2.39. The minimum absolute atomic E-state index is 0.0192. The number of benzene rings is 3. The maximum absolute atomic E-state index is 6.53. The SMILES string of the molecule is CC(C)CC(SCc1ccccc1)(SCc1ccccc1)C(C)OCc1ccccc1. The van der Waals surface area contributed by atoms with Crippen molar-refractivity contribution in [2.75, 3.05) is 0 Å². The molecule has 0 aliphatic heterocycles. The summed E-state index contributed by atoms with van der Waals surface area (Å²) >= 11 is 4.10. The molecule has 0 saturated heterocycles. The summed E-state index contributed by atoms with van der Waals surface area (Å²) in [7, 11) is 0. The Bertz CT molecular complexity index is 822. The molecule has 1 atom stereocenters. The smallest absolute Gasteiger partial charge is 0.0877 e. The van der Waals surface area contributed by atoms with Crippen molar-refractivity contribution in [2.24, 2.45) is 5.92 Å². The fourth-order valence-corrected chi connectivity index (χ4v) is 7.01. The molecule has 3 rings (SSSR count). The van der Waals surface area contributed by atoms with Crippen LogP contribution in [0.15, 0.2) is 91.0 Å². The van der Waals surface area contributed by atoms with Gasteiger partial charge in [-0.1, -0.05) is 105 Å². The summed E-state index contributed by atoms with van der Waals surface area (Å²) in [5.74, 6) is 2.58. The van der Waals surface area contributed by atoms with Gasteiger partial charge in [0.2, 0.25) is 0 Å². The van der Waals surface area contributed by atoms with Gasteiger partial charge in [-0.2, -0.15) is 0 Å². The van der Waals surface area contributed by atoms with Crippen molar-refractivity contribution < 1.29 is 4.74 Å². The molecular formula is C28H34OS2. The largest absolute Gasteiger partial charge is 0.371 e. The molecule has 3 heteroatoms. The molecule has 0 amide bonds. The highest BCUT2D eigenvalue weighted by atomic mass is 32.2. The summed E-state index contributed by atoms with van der Waals surface area (Å²) in [5, 5.41) is 0. The van der Waals surface area contributed by atoms with Gasteiger partial charge in [0.25, 0.3) is 0 Å². The molecule has 0 aliphatic rings. The third-order valence-electron chi connectivity index (χ3n) is 5.31. The number of hydrogen-bond donors (Lipinski definition) is 0. The molecule has 0 radical (unpaired) electrons. The topological polar surface area (TPSA) is 9.23 Å². The van der Waals surface area contributed by atoms with Gasteiger partial charge < -0.3 is 4.74 Å². The quantitative estimate of drug-likeness (QED) is 0.257. The Morgan fingerprint density at radius 3 is 1.48 bits per heavy atom. The summed E-state index contributed by atoms with van der Waals surface area (Å²) in [6, 6.07) is 32.1. The Morgan fingerprint density at radius 2 is 1.06 bits per heavy atom. The molecule has 1 unspecified atom stereocenters. The van der Waals surface area contributed by atoms with Crippen LogP contribution in [-0.4, -0.2) is 10.2 Å². The van der Waals surface area contributed by atoms with Crippen molar-refractivity contribution in [3.05, 3.63) is 108 Å². The van der Waals surface area contributed by atoms with Gasteiger partial charge in [0.15, 0.2) is 0 Å². The summed E-state index contributed by atoms with van der Waals surface area (Å²) in [5.41, 5.74) is 3.97. The van der Waals surface area contributed by atoms with Crippen LogP contribution in [0.3, 0.4) is 0 Å². The lowest BCUT2D eigenvalue weighted by atomic mass is 10.0. The van der Waals surface area contributed by atoms with E-state index in [1.165, 1.54) is 16.7 Å². The standard InChI is InChI=1S/C28H34OS2/c1-23(2)19-28(30-21-26-15-9-5-10-16-26,31-22-27-17-11-6-12-18-27)24(3)29-20-25-13-7-4-8-14-25/h4-18,23-24H,19-22H2,1-3H3. The van der Waals surface area contributed by atoms with Crippen molar-refractivity contribution in [2.45, 2.75) is 55.5 Å². The van der Waals surface area contributed by atoms with Crippen LogP contribution in [0.4, 0.5) is 0 Å². The lowest BCUT2D eigenvalue weighted by Crippen LogP contribution is -2.37. The van der Waals surface area contributed by atoms with Crippen molar-refractivity contribution in [3.63, 3.8) is 0 Å². The highest BCUT2D eigenvalue weighted by Crippen LogP contribution is 2.49. The van der Waals surface area contributed by atoms with Gasteiger partial charge in [-0.25, -0.2) is 0 Å². The first-order valence-electron chi connectivity index (χ1n) is 11.1. The van der Waals surface area contributed by atoms with E-state index in [0.29, 0.717) is 12.5 Å². The van der Waals surface area contributed by atoms with Gasteiger partial charge in [-0.05, 0) is 36.0 Å². The molecule has 0 heterocycles. The molecule has 0 saturated carbocycles. The molecule has 1 nitrogen and oxygen atoms in total. The van der Waals surface area contributed by atoms with Crippen LogP contribution < -0.4 is 0 Å². The Labute approximate surface area is 197 Å². The maximum Gasteiger partial charge on any atom is 0.0877 e. The lowest BCUT2D eigenvalue weighted by molar-refractivity contribution is 0.0413. The van der Waals surface area contributed by atoms with E-state index in [1.807, 2.05) is 0 Å². The number of thioether (sulfide) groups is 2. The fourth-order valence-electron chi connectivity index (χ4n) is 3.61. The van der Waals surface area contributed by atoms with Crippen LogP contribution in [0.5, 0.6) is 0 Å². The van der Waals surface area contributed by atoms with E-state index in [-0.39, 0.29) is 10.2 Å². The van der Waals surface area contributed by atoms with Crippen LogP contribution >= 0.6 is 23.5 Å². The first-order valence-corrected chi connectivity index (χ1v) is 13.1. The summed E-state index contributed by atoms with van der Waals surface area (Å²) in [4.78, 5) is 0. The minimum Gasteiger partial charge on any atom is -0.371 e. The molecule has 0 spiro atoms. The van der Waals surface area contributed by atoms with E-state index in [2.05, 4.69) is 135 Å². The van der Waals surface area contributed by atoms with Crippen molar-refractivity contribution in [3.8, 4) is 0 Å². The second-order valence-corrected chi connectivity index (χ2v) is 11.3. The average Bonchev–Trinajstić information content (AvgIpc) is 2.81. The van der Waals surface area contributed by atoms with E-state index in [4.69, 9.17) is 4.74 Å². The first kappa shape index (κ1) is 24.0. The van der Waals surface area contributed by atoms with E-state index in [9.17, 15) is 0 Å². The molecule has 31 heavy (non-hydrogen) atoms. The molecule has 164 valence electrons. The second-order valence-electron chi connectivity index (χ2n) is 8.40. The Balaban J connectivity index is 1.79. The van der Waals surface area contributed by atoms with E-state index >= 15 is 0 Å². The lowest BCUT2D eigenvalue weighted by Gasteiger charge is -2.39. The number of hydrogen-bond acceptors (Lipinski definition) is 3. The first-order chi connectivity index (χ1) is 15.1. The molecular weight excluding hydrogens is 416 g/mol. The van der Waals surface area contributed by atoms with E-state index in [0.717, 1.165) is 17.9 Å². The predicted octanol–water partition coefficient (Wildman–Crippen LogP) is 8.20. The van der Waals surface area contributed by atoms with Gasteiger partial charge in [0, 0.05) is 11.5 Å². The van der Waals surface area contributed by atoms with Gasteiger partial charge in [0.05, 0.1) is 16.8 Å². The third-order valence-corrected chi connectivity index (χ3v) is 8.94. The van der Waals surface area contributed by atoms with Crippen LogP contribution in [0.25, 0.3) is 0 Å². The molecule has 0 aliphatic carbocycles. The molecule has 0 N–H and O–H groups in total. The van der Waals surface area contributed by atoms with Crippen LogP contribution in [0.1, 0.15) is 43.9 Å². The van der Waals surface area contributed by atoms with Gasteiger partial charge in [-0.15, -0.1) is 23.5 Å². The second kappa shape index (κ2) is 12.4. The Kier molecular flexibility index (Phi) is 9.57. The third kappa shape index (κ3) is 7.75. The Hall–Kier alpha value is -1.68. The van der Waals surface area contributed by atoms with Crippen LogP contribution in [0.2, 0.25) is 0 Å². The molecule has 0 fully saturated rings. The number of rotatable bonds is 12. The van der Waals surface area contributed by atoms with Crippen LogP contribution in [0, 0.1) is 5.92 Å². The fraction of sp³-hybridized carbons (Fsp3) is 0.357. The normalized spacial score (nSPS) is 12.8. The molecule has 0 aromatic heterocycles. The highest BCUT2D eigenvalue weighted by molar-refractivity contribution is 8.17. The van der Waals surface area contributed by atoms with Crippen molar-refractivity contribution in [1.29, 1.82) is 0 Å². The van der Waals surface area contributed by atoms with E-state index in [1.54, 1.807) is 0 Å². The zero-order chi connectivity index (χ0) is 21.9. The van der Waals surface area contributed by atoms with Crippen molar-refractivity contribution in [1.82, 2.24) is 0 Å². The molecule has 3 aromatic carbocycles. The molecule has 3 aromatic rings. The maximum atomic E-state index is 6.53. The summed E-state index contributed by atoms with van der Waals surface area (Å²) in [6.07, 6.45) is 1.23. The zero-order valence-electron chi connectivity index (χ0n) is 18.9. The monoisotopic (exact) mass is 450 g/mol. The zero-order valence-corrected chi connectivity index (χ0v) is 20.5. The van der Waals surface area contributed by atoms with Gasteiger partial charge in [-0.3, -0.25) is 0 Å². The molecule has 0 bridgehead atoms. The van der Waals surface area contributed by atoms with E-state index < -0.39 is 0 Å². The van der Waals surface area contributed by atoms with Gasteiger partial charge >= 0.3 is 0 Å². The predicted molar refractivity (Wildman–Crippen MR) is 138 cm³/mol. The minimum atomic E-state index is -0.0192. The van der Waals surface area contributed by atoms with Crippen LogP contribution in [-0.2, 0) is 22.8 Å².